The molecule has 11 heteroatoms. The van der Waals surface area contributed by atoms with Crippen LogP contribution in [0.15, 0.2) is 64.6 Å². The standard InChI is InChI=1S/C22H11F7N2O2/c23-16-3-1-12(2-4-16)19-6-5-18(33-19)7-13(11-30)20(32)31-17-9-14(21(24,25)26)8-15(10-17)22(27,28)29/h1-10H,(H,31,32)/b13-7+. The predicted molar refractivity (Wildman–Crippen MR) is 103 cm³/mol. The molecule has 3 aromatic rings. The van der Waals surface area contributed by atoms with Crippen molar-refractivity contribution < 1.29 is 39.9 Å². The summed E-state index contributed by atoms with van der Waals surface area (Å²) in [4.78, 5) is 12.3. The number of amides is 1. The van der Waals surface area contributed by atoms with Crippen molar-refractivity contribution >= 4 is 17.7 Å². The molecule has 0 spiro atoms. The van der Waals surface area contributed by atoms with E-state index in [2.05, 4.69) is 0 Å². The Morgan fingerprint density at radius 2 is 1.48 bits per heavy atom. The quantitative estimate of drug-likeness (QED) is 0.264. The molecule has 1 heterocycles. The second kappa shape index (κ2) is 8.82. The van der Waals surface area contributed by atoms with Gasteiger partial charge in [-0.2, -0.15) is 31.6 Å². The number of nitriles is 1. The molecule has 0 saturated heterocycles. The summed E-state index contributed by atoms with van der Waals surface area (Å²) in [6, 6.07) is 10.1. The van der Waals surface area contributed by atoms with Crippen molar-refractivity contribution in [1.82, 2.24) is 0 Å². The van der Waals surface area contributed by atoms with Gasteiger partial charge in [0.05, 0.1) is 11.1 Å². The molecule has 0 atom stereocenters. The van der Waals surface area contributed by atoms with Crippen LogP contribution in [0.25, 0.3) is 17.4 Å². The number of anilines is 1. The van der Waals surface area contributed by atoms with E-state index in [1.165, 1.54) is 42.5 Å². The van der Waals surface area contributed by atoms with E-state index in [-0.39, 0.29) is 17.6 Å². The first-order chi connectivity index (χ1) is 15.4. The first-order valence-electron chi connectivity index (χ1n) is 8.95. The Labute approximate surface area is 181 Å². The fraction of sp³-hybridized carbons (Fsp3) is 0.0909. The van der Waals surface area contributed by atoms with Crippen LogP contribution in [0, 0.1) is 17.1 Å². The van der Waals surface area contributed by atoms with E-state index in [9.17, 15) is 40.8 Å². The zero-order valence-corrected chi connectivity index (χ0v) is 16.2. The monoisotopic (exact) mass is 468 g/mol. The van der Waals surface area contributed by atoms with Crippen LogP contribution in [0.1, 0.15) is 16.9 Å². The van der Waals surface area contributed by atoms with Crippen LogP contribution >= 0.6 is 0 Å². The predicted octanol–water partition coefficient (Wildman–Crippen LogP) is 6.67. The van der Waals surface area contributed by atoms with Gasteiger partial charge in [-0.15, -0.1) is 0 Å². The molecule has 0 bridgehead atoms. The Morgan fingerprint density at radius 1 is 0.909 bits per heavy atom. The van der Waals surface area contributed by atoms with Crippen LogP contribution < -0.4 is 5.32 Å². The molecule has 33 heavy (non-hydrogen) atoms. The third-order valence-corrected chi connectivity index (χ3v) is 4.25. The summed E-state index contributed by atoms with van der Waals surface area (Å²) in [5, 5.41) is 11.1. The molecule has 4 nitrogen and oxygen atoms in total. The molecule has 0 aliphatic rings. The number of hydrogen-bond donors (Lipinski definition) is 1. The van der Waals surface area contributed by atoms with E-state index in [0.29, 0.717) is 17.7 Å². The van der Waals surface area contributed by atoms with Crippen LogP contribution in [-0.4, -0.2) is 5.91 Å². The summed E-state index contributed by atoms with van der Waals surface area (Å²) in [6.45, 7) is 0. The number of benzene rings is 2. The fourth-order valence-electron chi connectivity index (χ4n) is 2.72. The van der Waals surface area contributed by atoms with Gasteiger partial charge < -0.3 is 9.73 Å². The van der Waals surface area contributed by atoms with Crippen LogP contribution in [0.4, 0.5) is 36.4 Å². The molecule has 1 amide bonds. The maximum atomic E-state index is 13.0. The van der Waals surface area contributed by atoms with Gasteiger partial charge in [-0.3, -0.25) is 4.79 Å². The summed E-state index contributed by atoms with van der Waals surface area (Å²) in [6.07, 6.45) is -9.24. The maximum absolute atomic E-state index is 13.0. The molecule has 0 radical (unpaired) electrons. The van der Waals surface area contributed by atoms with Gasteiger partial charge in [0.1, 0.15) is 29.0 Å². The molecule has 2 aromatic carbocycles. The minimum absolute atomic E-state index is 0.000970. The van der Waals surface area contributed by atoms with Gasteiger partial charge in [-0.05, 0) is 54.6 Å². The molecular formula is C22H11F7N2O2. The van der Waals surface area contributed by atoms with Crippen molar-refractivity contribution in [2.24, 2.45) is 0 Å². The van der Waals surface area contributed by atoms with Gasteiger partial charge in [0.25, 0.3) is 5.91 Å². The Balaban J connectivity index is 1.88. The minimum atomic E-state index is -5.10. The zero-order valence-electron chi connectivity index (χ0n) is 16.2. The van der Waals surface area contributed by atoms with Gasteiger partial charge in [0.2, 0.25) is 0 Å². The summed E-state index contributed by atoms with van der Waals surface area (Å²) in [7, 11) is 0. The van der Waals surface area contributed by atoms with E-state index in [4.69, 9.17) is 4.42 Å². The van der Waals surface area contributed by atoms with Crippen molar-refractivity contribution in [3.63, 3.8) is 0 Å². The third kappa shape index (κ3) is 5.79. The van der Waals surface area contributed by atoms with Gasteiger partial charge in [0, 0.05) is 17.3 Å². The highest BCUT2D eigenvalue weighted by molar-refractivity contribution is 6.09. The number of rotatable bonds is 4. The molecule has 0 unspecified atom stereocenters. The van der Waals surface area contributed by atoms with Crippen LogP contribution in [-0.2, 0) is 17.1 Å². The van der Waals surface area contributed by atoms with Crippen LogP contribution in [0.5, 0.6) is 0 Å². The highest BCUT2D eigenvalue weighted by Gasteiger charge is 2.37. The Bertz CT molecular complexity index is 1220. The summed E-state index contributed by atoms with van der Waals surface area (Å²) in [5.74, 6) is -1.45. The number of nitrogens with one attached hydrogen (secondary N) is 1. The number of carbonyl (C=O) groups excluding carboxylic acids is 1. The number of furan rings is 1. The number of alkyl halides is 6. The van der Waals surface area contributed by atoms with Crippen molar-refractivity contribution in [1.29, 1.82) is 5.26 Å². The Morgan fingerprint density at radius 3 is 2.00 bits per heavy atom. The number of hydrogen-bond acceptors (Lipinski definition) is 3. The lowest BCUT2D eigenvalue weighted by Gasteiger charge is -2.14. The molecular weight excluding hydrogens is 457 g/mol. The van der Waals surface area contributed by atoms with E-state index >= 15 is 0 Å². The number of halogens is 7. The minimum Gasteiger partial charge on any atom is -0.457 e. The largest absolute Gasteiger partial charge is 0.457 e. The van der Waals surface area contributed by atoms with Crippen molar-refractivity contribution in [2.45, 2.75) is 12.4 Å². The Hall–Kier alpha value is -4.07. The SMILES string of the molecule is N#C/C(=C\c1ccc(-c2ccc(F)cc2)o1)C(=O)Nc1cc(C(F)(F)F)cc(C(F)(F)F)c1. The first-order valence-corrected chi connectivity index (χ1v) is 8.95. The van der Waals surface area contributed by atoms with Gasteiger partial charge in [0.15, 0.2) is 0 Å². The van der Waals surface area contributed by atoms with Crippen molar-refractivity contribution in [3.8, 4) is 17.4 Å². The van der Waals surface area contributed by atoms with Crippen molar-refractivity contribution in [2.75, 3.05) is 5.32 Å². The second-order valence-electron chi connectivity index (χ2n) is 6.63. The fourth-order valence-corrected chi connectivity index (χ4v) is 2.72. The second-order valence-corrected chi connectivity index (χ2v) is 6.63. The molecule has 0 saturated carbocycles. The molecule has 1 N–H and O–H groups in total. The Kier molecular flexibility index (Phi) is 6.30. The van der Waals surface area contributed by atoms with Crippen molar-refractivity contribution in [3.05, 3.63) is 82.9 Å². The molecule has 0 aliphatic heterocycles. The first kappa shape index (κ1) is 23.6. The van der Waals surface area contributed by atoms with E-state index in [1.54, 1.807) is 0 Å². The van der Waals surface area contributed by atoms with Gasteiger partial charge >= 0.3 is 12.4 Å². The van der Waals surface area contributed by atoms with Crippen LogP contribution in [0.3, 0.4) is 0 Å². The molecule has 0 aliphatic carbocycles. The maximum Gasteiger partial charge on any atom is 0.416 e. The molecule has 0 fully saturated rings. The number of nitrogens with zero attached hydrogens (tertiary/aromatic N) is 1. The summed E-state index contributed by atoms with van der Waals surface area (Å²) in [5.41, 5.74) is -4.19. The normalized spacial score (nSPS) is 12.4. The number of carbonyl (C=O) groups is 1. The lowest BCUT2D eigenvalue weighted by atomic mass is 10.1. The highest BCUT2D eigenvalue weighted by Crippen LogP contribution is 2.37. The lowest BCUT2D eigenvalue weighted by molar-refractivity contribution is -0.143. The van der Waals surface area contributed by atoms with E-state index < -0.39 is 46.5 Å². The highest BCUT2D eigenvalue weighted by atomic mass is 19.4. The molecule has 1 aromatic heterocycles. The smallest absolute Gasteiger partial charge is 0.416 e. The zero-order chi connectivity index (χ0) is 24.4. The average molecular weight is 468 g/mol. The topological polar surface area (TPSA) is 66.0 Å². The van der Waals surface area contributed by atoms with Crippen LogP contribution in [0.2, 0.25) is 0 Å². The molecule has 3 rings (SSSR count). The summed E-state index contributed by atoms with van der Waals surface area (Å²) < 4.78 is 96.3. The third-order valence-electron chi connectivity index (χ3n) is 4.25. The van der Waals surface area contributed by atoms with Gasteiger partial charge in [-0.25, -0.2) is 4.39 Å². The summed E-state index contributed by atoms with van der Waals surface area (Å²) >= 11 is 0. The average Bonchev–Trinajstić information content (AvgIpc) is 3.19. The van der Waals surface area contributed by atoms with Gasteiger partial charge in [-0.1, -0.05) is 0 Å². The lowest BCUT2D eigenvalue weighted by Crippen LogP contribution is -2.16. The molecule has 170 valence electrons. The van der Waals surface area contributed by atoms with E-state index in [0.717, 1.165) is 6.08 Å². The van der Waals surface area contributed by atoms with E-state index in [1.807, 2.05) is 5.32 Å².